The number of fused-ring (bicyclic) bond motifs is 1. The third kappa shape index (κ3) is 2.96. The summed E-state index contributed by atoms with van der Waals surface area (Å²) >= 11 is 1.82. The van der Waals surface area contributed by atoms with Gasteiger partial charge in [0.15, 0.2) is 0 Å². The topological polar surface area (TPSA) is 42.1 Å². The van der Waals surface area contributed by atoms with Gasteiger partial charge in [-0.3, -0.25) is 4.90 Å². The van der Waals surface area contributed by atoms with Gasteiger partial charge in [-0.15, -0.1) is 11.3 Å². The van der Waals surface area contributed by atoms with Crippen molar-refractivity contribution in [2.24, 2.45) is 11.7 Å². The van der Waals surface area contributed by atoms with E-state index < -0.39 is 0 Å². The molecular formula is C15H21N3S. The molecule has 1 aromatic heterocycles. The first kappa shape index (κ1) is 13.0. The van der Waals surface area contributed by atoms with Gasteiger partial charge in [-0.25, -0.2) is 4.98 Å². The average Bonchev–Trinajstić information content (AvgIpc) is 2.81. The average molecular weight is 275 g/mol. The molecule has 0 amide bonds. The molecule has 1 aromatic carbocycles. The standard InChI is InChI=1S/C15H21N3S/c1-11(16)12-6-8-18(9-7-12)10-15-17-13-4-2-3-5-14(13)19-15/h2-5,11-12H,6-10,16H2,1H3. The van der Waals surface area contributed by atoms with Gasteiger partial charge in [-0.1, -0.05) is 12.1 Å². The summed E-state index contributed by atoms with van der Waals surface area (Å²) in [6.07, 6.45) is 2.45. The first-order valence-corrected chi connectivity index (χ1v) is 7.86. The second-order valence-corrected chi connectivity index (χ2v) is 6.66. The van der Waals surface area contributed by atoms with Crippen LogP contribution in [0.4, 0.5) is 0 Å². The van der Waals surface area contributed by atoms with Crippen molar-refractivity contribution in [1.29, 1.82) is 0 Å². The van der Waals surface area contributed by atoms with Crippen LogP contribution in [0.5, 0.6) is 0 Å². The minimum absolute atomic E-state index is 0.338. The largest absolute Gasteiger partial charge is 0.328 e. The molecular weight excluding hydrogens is 254 g/mol. The molecule has 0 spiro atoms. The molecule has 0 bridgehead atoms. The maximum Gasteiger partial charge on any atom is 0.108 e. The van der Waals surface area contributed by atoms with Crippen molar-refractivity contribution in [2.75, 3.05) is 13.1 Å². The van der Waals surface area contributed by atoms with E-state index in [1.807, 2.05) is 11.3 Å². The monoisotopic (exact) mass is 275 g/mol. The van der Waals surface area contributed by atoms with Gasteiger partial charge >= 0.3 is 0 Å². The molecule has 2 N–H and O–H groups in total. The lowest BCUT2D eigenvalue weighted by molar-refractivity contribution is 0.165. The van der Waals surface area contributed by atoms with Gasteiger partial charge in [0.1, 0.15) is 5.01 Å². The van der Waals surface area contributed by atoms with E-state index in [1.54, 1.807) is 0 Å². The summed E-state index contributed by atoms with van der Waals surface area (Å²) in [7, 11) is 0. The molecule has 0 aliphatic carbocycles. The Kier molecular flexibility index (Phi) is 3.82. The third-order valence-corrected chi connectivity index (χ3v) is 5.09. The molecule has 1 saturated heterocycles. The Morgan fingerprint density at radius 2 is 2.11 bits per heavy atom. The summed E-state index contributed by atoms with van der Waals surface area (Å²) in [6.45, 7) is 5.43. The summed E-state index contributed by atoms with van der Waals surface area (Å²) in [5, 5.41) is 1.24. The van der Waals surface area contributed by atoms with E-state index in [0.29, 0.717) is 12.0 Å². The van der Waals surface area contributed by atoms with Crippen LogP contribution in [-0.4, -0.2) is 29.0 Å². The lowest BCUT2D eigenvalue weighted by atomic mass is 9.91. The van der Waals surface area contributed by atoms with Crippen molar-refractivity contribution in [3.05, 3.63) is 29.3 Å². The maximum absolute atomic E-state index is 5.99. The van der Waals surface area contributed by atoms with Gasteiger partial charge in [0.05, 0.1) is 16.8 Å². The summed E-state index contributed by atoms with van der Waals surface area (Å²) in [5.74, 6) is 0.701. The number of piperidine rings is 1. The van der Waals surface area contributed by atoms with Crippen LogP contribution in [0.2, 0.25) is 0 Å². The van der Waals surface area contributed by atoms with E-state index >= 15 is 0 Å². The van der Waals surface area contributed by atoms with Crippen molar-refractivity contribution < 1.29 is 0 Å². The molecule has 1 aliphatic rings. The molecule has 102 valence electrons. The highest BCUT2D eigenvalue weighted by Gasteiger charge is 2.22. The Morgan fingerprint density at radius 3 is 2.79 bits per heavy atom. The quantitative estimate of drug-likeness (QED) is 0.936. The van der Waals surface area contributed by atoms with Crippen LogP contribution in [0.15, 0.2) is 24.3 Å². The van der Waals surface area contributed by atoms with Gasteiger partial charge in [-0.05, 0) is 50.9 Å². The van der Waals surface area contributed by atoms with Crippen molar-refractivity contribution in [1.82, 2.24) is 9.88 Å². The highest BCUT2D eigenvalue weighted by atomic mass is 32.1. The van der Waals surface area contributed by atoms with Crippen LogP contribution in [-0.2, 0) is 6.54 Å². The Balaban J connectivity index is 1.63. The minimum Gasteiger partial charge on any atom is -0.328 e. The third-order valence-electron chi connectivity index (χ3n) is 4.07. The smallest absolute Gasteiger partial charge is 0.108 e. The van der Waals surface area contributed by atoms with E-state index in [-0.39, 0.29) is 0 Å². The molecule has 19 heavy (non-hydrogen) atoms. The molecule has 1 atom stereocenters. The van der Waals surface area contributed by atoms with Crippen LogP contribution in [0, 0.1) is 5.92 Å². The normalized spacial score (nSPS) is 19.9. The zero-order chi connectivity index (χ0) is 13.2. The molecule has 1 fully saturated rings. The summed E-state index contributed by atoms with van der Waals surface area (Å²) in [5.41, 5.74) is 7.12. The van der Waals surface area contributed by atoms with Crippen LogP contribution in [0.3, 0.4) is 0 Å². The van der Waals surface area contributed by atoms with Crippen LogP contribution in [0.25, 0.3) is 10.2 Å². The fraction of sp³-hybridized carbons (Fsp3) is 0.533. The Bertz CT molecular complexity index is 508. The maximum atomic E-state index is 5.99. The van der Waals surface area contributed by atoms with Crippen molar-refractivity contribution >= 4 is 21.6 Å². The molecule has 0 saturated carbocycles. The number of nitrogens with two attached hydrogens (primary N) is 1. The van der Waals surface area contributed by atoms with Crippen molar-refractivity contribution in [3.8, 4) is 0 Å². The summed E-state index contributed by atoms with van der Waals surface area (Å²) in [6, 6.07) is 8.72. The van der Waals surface area contributed by atoms with Gasteiger partial charge in [0, 0.05) is 6.04 Å². The second kappa shape index (κ2) is 5.57. The number of nitrogens with zero attached hydrogens (tertiary/aromatic N) is 2. The van der Waals surface area contributed by atoms with Gasteiger partial charge in [-0.2, -0.15) is 0 Å². The highest BCUT2D eigenvalue weighted by molar-refractivity contribution is 7.18. The summed E-state index contributed by atoms with van der Waals surface area (Å²) < 4.78 is 1.29. The number of para-hydroxylation sites is 1. The molecule has 3 rings (SSSR count). The van der Waals surface area contributed by atoms with Crippen LogP contribution >= 0.6 is 11.3 Å². The Morgan fingerprint density at radius 1 is 1.37 bits per heavy atom. The van der Waals surface area contributed by atoms with Crippen LogP contribution in [0.1, 0.15) is 24.8 Å². The zero-order valence-electron chi connectivity index (χ0n) is 11.4. The van der Waals surface area contributed by atoms with E-state index in [9.17, 15) is 0 Å². The second-order valence-electron chi connectivity index (χ2n) is 5.55. The molecule has 2 aromatic rings. The number of thiazole rings is 1. The molecule has 2 heterocycles. The van der Waals surface area contributed by atoms with E-state index in [2.05, 4.69) is 36.1 Å². The molecule has 3 nitrogen and oxygen atoms in total. The predicted molar refractivity (Wildman–Crippen MR) is 81.3 cm³/mol. The van der Waals surface area contributed by atoms with E-state index in [0.717, 1.165) is 25.2 Å². The molecule has 1 unspecified atom stereocenters. The minimum atomic E-state index is 0.338. The first-order chi connectivity index (χ1) is 9.22. The molecule has 4 heteroatoms. The fourth-order valence-corrected chi connectivity index (χ4v) is 3.83. The van der Waals surface area contributed by atoms with Crippen molar-refractivity contribution in [3.63, 3.8) is 0 Å². The van der Waals surface area contributed by atoms with Gasteiger partial charge in [0.2, 0.25) is 0 Å². The molecule has 1 aliphatic heterocycles. The predicted octanol–water partition coefficient (Wildman–Crippen LogP) is 2.86. The summed E-state index contributed by atoms with van der Waals surface area (Å²) in [4.78, 5) is 7.22. The van der Waals surface area contributed by atoms with Crippen molar-refractivity contribution in [2.45, 2.75) is 32.4 Å². The highest BCUT2D eigenvalue weighted by Crippen LogP contribution is 2.25. The number of hydrogen-bond donors (Lipinski definition) is 1. The van der Waals surface area contributed by atoms with Gasteiger partial charge < -0.3 is 5.73 Å². The van der Waals surface area contributed by atoms with Gasteiger partial charge in [0.25, 0.3) is 0 Å². The number of likely N-dealkylation sites (tertiary alicyclic amines) is 1. The number of benzene rings is 1. The lowest BCUT2D eigenvalue weighted by Crippen LogP contribution is -2.39. The number of rotatable bonds is 3. The Hall–Kier alpha value is -0.970. The Labute approximate surface area is 118 Å². The number of aromatic nitrogens is 1. The lowest BCUT2D eigenvalue weighted by Gasteiger charge is -2.33. The number of hydrogen-bond acceptors (Lipinski definition) is 4. The SMILES string of the molecule is CC(N)C1CCN(Cc2nc3ccccc3s2)CC1. The van der Waals surface area contributed by atoms with E-state index in [1.165, 1.54) is 22.5 Å². The molecule has 0 radical (unpaired) electrons. The van der Waals surface area contributed by atoms with E-state index in [4.69, 9.17) is 10.7 Å². The zero-order valence-corrected chi connectivity index (χ0v) is 12.2. The first-order valence-electron chi connectivity index (χ1n) is 7.05. The fourth-order valence-electron chi connectivity index (χ4n) is 2.82. The van der Waals surface area contributed by atoms with Crippen LogP contribution < -0.4 is 5.73 Å².